The maximum Gasteiger partial charge on any atom is 0.358 e. The van der Waals surface area contributed by atoms with E-state index in [-0.39, 0.29) is 0 Å². The van der Waals surface area contributed by atoms with Crippen LogP contribution in [0.5, 0.6) is 0 Å². The van der Waals surface area contributed by atoms with Gasteiger partial charge in [-0.3, -0.25) is 9.36 Å². The highest BCUT2D eigenvalue weighted by Gasteiger charge is 2.17. The molecule has 2 aromatic heterocycles. The molecule has 7 nitrogen and oxygen atoms in total. The Morgan fingerprint density at radius 3 is 2.67 bits per heavy atom. The Morgan fingerprint density at radius 2 is 2.00 bits per heavy atom. The molecule has 0 bridgehead atoms. The fourth-order valence-electron chi connectivity index (χ4n) is 2.53. The number of esters is 1. The first-order valence-corrected chi connectivity index (χ1v) is 7.67. The third kappa shape index (κ3) is 2.92. The van der Waals surface area contributed by atoms with Gasteiger partial charge in [0, 0.05) is 25.2 Å². The minimum Gasteiger partial charge on any atom is -0.461 e. The average Bonchev–Trinajstić information content (AvgIpc) is 3.14. The summed E-state index contributed by atoms with van der Waals surface area (Å²) in [7, 11) is 3.64. The van der Waals surface area contributed by atoms with Crippen molar-refractivity contribution in [3.8, 4) is 22.6 Å². The number of aryl methyl sites for hydroxylation is 3. The number of benzene rings is 1. The van der Waals surface area contributed by atoms with Crippen LogP contribution in [0.25, 0.3) is 22.6 Å². The number of nitrogens with zero attached hydrogens (tertiary/aromatic N) is 5. The van der Waals surface area contributed by atoms with Crippen molar-refractivity contribution in [2.24, 2.45) is 14.1 Å². The second-order valence-electron chi connectivity index (χ2n) is 5.53. The highest BCUT2D eigenvalue weighted by Crippen LogP contribution is 2.28. The van der Waals surface area contributed by atoms with E-state index in [1.54, 1.807) is 28.7 Å². The van der Waals surface area contributed by atoms with Crippen molar-refractivity contribution >= 4 is 5.97 Å². The normalized spacial score (nSPS) is 10.8. The van der Waals surface area contributed by atoms with Crippen molar-refractivity contribution in [2.75, 3.05) is 6.61 Å². The summed E-state index contributed by atoms with van der Waals surface area (Å²) in [6.07, 6.45) is 1.66. The van der Waals surface area contributed by atoms with Gasteiger partial charge in [0.15, 0.2) is 11.5 Å². The van der Waals surface area contributed by atoms with E-state index >= 15 is 0 Å². The summed E-state index contributed by atoms with van der Waals surface area (Å²) in [5.74, 6) is 0.242. The summed E-state index contributed by atoms with van der Waals surface area (Å²) in [5.41, 5.74) is 4.11. The molecule has 0 aliphatic carbocycles. The van der Waals surface area contributed by atoms with Crippen LogP contribution in [-0.2, 0) is 18.8 Å². The molecule has 2 heterocycles. The van der Waals surface area contributed by atoms with Crippen LogP contribution < -0.4 is 0 Å². The van der Waals surface area contributed by atoms with Gasteiger partial charge >= 0.3 is 5.97 Å². The molecule has 0 radical (unpaired) electrons. The van der Waals surface area contributed by atoms with E-state index in [1.807, 2.05) is 39.2 Å². The molecule has 3 aromatic rings. The Morgan fingerprint density at radius 1 is 1.21 bits per heavy atom. The predicted molar refractivity (Wildman–Crippen MR) is 89.3 cm³/mol. The summed E-state index contributed by atoms with van der Waals surface area (Å²) in [6, 6.07) is 7.75. The number of rotatable bonds is 4. The molecule has 0 aliphatic rings. The van der Waals surface area contributed by atoms with E-state index in [0.717, 1.165) is 22.4 Å². The fourth-order valence-corrected chi connectivity index (χ4v) is 2.53. The fraction of sp³-hybridized carbons (Fsp3) is 0.294. The minimum atomic E-state index is -0.417. The number of aromatic nitrogens is 5. The van der Waals surface area contributed by atoms with Crippen LogP contribution in [0.1, 0.15) is 23.0 Å². The molecule has 3 rings (SSSR count). The standard InChI is InChI=1S/C17H19N5O2/c1-5-24-17(23)14-9-15(22(4)19-14)13-8-12(7-6-11(13)2)16-18-10-21(3)20-16/h6-10H,5H2,1-4H3. The van der Waals surface area contributed by atoms with Crippen LogP contribution in [0.2, 0.25) is 0 Å². The predicted octanol–water partition coefficient (Wildman–Crippen LogP) is 2.37. The van der Waals surface area contributed by atoms with Crippen LogP contribution in [0, 0.1) is 6.92 Å². The molecule has 7 heteroatoms. The lowest BCUT2D eigenvalue weighted by Crippen LogP contribution is -2.05. The van der Waals surface area contributed by atoms with E-state index in [0.29, 0.717) is 18.1 Å². The quantitative estimate of drug-likeness (QED) is 0.688. The summed E-state index contributed by atoms with van der Waals surface area (Å²) >= 11 is 0. The van der Waals surface area contributed by atoms with Gasteiger partial charge in [-0.25, -0.2) is 9.78 Å². The highest BCUT2D eigenvalue weighted by atomic mass is 16.5. The first-order chi connectivity index (χ1) is 11.5. The second-order valence-corrected chi connectivity index (χ2v) is 5.53. The molecule has 0 saturated carbocycles. The zero-order valence-corrected chi connectivity index (χ0v) is 14.1. The first kappa shape index (κ1) is 15.9. The third-order valence-corrected chi connectivity index (χ3v) is 3.74. The van der Waals surface area contributed by atoms with Gasteiger partial charge in [-0.1, -0.05) is 12.1 Å². The van der Waals surface area contributed by atoms with Crippen LogP contribution >= 0.6 is 0 Å². The van der Waals surface area contributed by atoms with Crippen molar-refractivity contribution in [2.45, 2.75) is 13.8 Å². The van der Waals surface area contributed by atoms with Crippen LogP contribution in [0.4, 0.5) is 0 Å². The number of hydrogen-bond acceptors (Lipinski definition) is 5. The van der Waals surface area contributed by atoms with Crippen LogP contribution in [-0.4, -0.2) is 37.1 Å². The molecule has 24 heavy (non-hydrogen) atoms. The molecule has 0 atom stereocenters. The number of carbonyl (C=O) groups excluding carboxylic acids is 1. The molecule has 1 aromatic carbocycles. The van der Waals surface area contributed by atoms with Gasteiger partial charge < -0.3 is 4.74 Å². The Hall–Kier alpha value is -2.96. The van der Waals surface area contributed by atoms with E-state index in [2.05, 4.69) is 15.2 Å². The zero-order chi connectivity index (χ0) is 17.3. The number of carbonyl (C=O) groups is 1. The van der Waals surface area contributed by atoms with Crippen molar-refractivity contribution in [3.63, 3.8) is 0 Å². The van der Waals surface area contributed by atoms with Gasteiger partial charge in [-0.2, -0.15) is 10.2 Å². The van der Waals surface area contributed by atoms with Crippen molar-refractivity contribution in [1.82, 2.24) is 24.5 Å². The van der Waals surface area contributed by atoms with Crippen molar-refractivity contribution < 1.29 is 9.53 Å². The summed E-state index contributed by atoms with van der Waals surface area (Å²) in [6.45, 7) is 4.11. The van der Waals surface area contributed by atoms with Crippen molar-refractivity contribution in [1.29, 1.82) is 0 Å². The lowest BCUT2D eigenvalue weighted by molar-refractivity contribution is 0.0518. The monoisotopic (exact) mass is 325 g/mol. The van der Waals surface area contributed by atoms with Gasteiger partial charge in [-0.15, -0.1) is 0 Å². The molecule has 0 amide bonds. The number of ether oxygens (including phenoxy) is 1. The average molecular weight is 325 g/mol. The summed E-state index contributed by atoms with van der Waals surface area (Å²) in [4.78, 5) is 16.2. The Bertz CT molecular complexity index is 894. The Kier molecular flexibility index (Phi) is 4.16. The molecule has 0 spiro atoms. The van der Waals surface area contributed by atoms with Crippen molar-refractivity contribution in [3.05, 3.63) is 41.9 Å². The largest absolute Gasteiger partial charge is 0.461 e. The molecular weight excluding hydrogens is 306 g/mol. The zero-order valence-electron chi connectivity index (χ0n) is 14.1. The molecular formula is C17H19N5O2. The molecule has 0 aliphatic heterocycles. The van der Waals surface area contributed by atoms with Crippen LogP contribution in [0.15, 0.2) is 30.6 Å². The van der Waals surface area contributed by atoms with Gasteiger partial charge in [-0.05, 0) is 31.5 Å². The third-order valence-electron chi connectivity index (χ3n) is 3.74. The summed E-state index contributed by atoms with van der Waals surface area (Å²) in [5, 5.41) is 8.59. The maximum absolute atomic E-state index is 11.9. The van der Waals surface area contributed by atoms with Gasteiger partial charge in [0.25, 0.3) is 0 Å². The van der Waals surface area contributed by atoms with E-state index < -0.39 is 5.97 Å². The second kappa shape index (κ2) is 6.27. The first-order valence-electron chi connectivity index (χ1n) is 7.67. The lowest BCUT2D eigenvalue weighted by atomic mass is 10.0. The SMILES string of the molecule is CCOC(=O)c1cc(-c2cc(-c3ncn(C)n3)ccc2C)n(C)n1. The van der Waals surface area contributed by atoms with E-state index in [4.69, 9.17) is 4.74 Å². The molecule has 0 saturated heterocycles. The lowest BCUT2D eigenvalue weighted by Gasteiger charge is -2.07. The smallest absolute Gasteiger partial charge is 0.358 e. The summed E-state index contributed by atoms with van der Waals surface area (Å²) < 4.78 is 8.37. The van der Waals surface area contributed by atoms with Crippen LogP contribution in [0.3, 0.4) is 0 Å². The highest BCUT2D eigenvalue weighted by molar-refractivity contribution is 5.89. The maximum atomic E-state index is 11.9. The van der Waals surface area contributed by atoms with Gasteiger partial charge in [0.1, 0.15) is 6.33 Å². The topological polar surface area (TPSA) is 74.8 Å². The van der Waals surface area contributed by atoms with E-state index in [9.17, 15) is 4.79 Å². The Balaban J connectivity index is 2.04. The van der Waals surface area contributed by atoms with Gasteiger partial charge in [0.05, 0.1) is 12.3 Å². The van der Waals surface area contributed by atoms with Gasteiger partial charge in [0.2, 0.25) is 0 Å². The molecule has 0 N–H and O–H groups in total. The van der Waals surface area contributed by atoms with E-state index in [1.165, 1.54) is 0 Å². The molecule has 124 valence electrons. The number of hydrogen-bond donors (Lipinski definition) is 0. The molecule has 0 fully saturated rings. The minimum absolute atomic E-state index is 0.301. The Labute approximate surface area is 139 Å². The molecule has 0 unspecified atom stereocenters.